The van der Waals surface area contributed by atoms with Crippen LogP contribution in [0, 0.1) is 0 Å². The summed E-state index contributed by atoms with van der Waals surface area (Å²) >= 11 is 0. The van der Waals surface area contributed by atoms with Gasteiger partial charge in [-0.05, 0) is 43.5 Å². The van der Waals surface area contributed by atoms with E-state index in [-0.39, 0.29) is 0 Å². The van der Waals surface area contributed by atoms with Gasteiger partial charge in [-0.25, -0.2) is 4.98 Å². The highest BCUT2D eigenvalue weighted by atomic mass is 16.5. The molecule has 5 nitrogen and oxygen atoms in total. The molecule has 2 heterocycles. The summed E-state index contributed by atoms with van der Waals surface area (Å²) in [6.45, 7) is 1.76. The minimum absolute atomic E-state index is 0.393. The van der Waals surface area contributed by atoms with Crippen LogP contribution in [0.4, 0.5) is 5.69 Å². The molecule has 1 aromatic heterocycles. The fourth-order valence-electron chi connectivity index (χ4n) is 2.32. The first-order valence-corrected chi connectivity index (χ1v) is 6.68. The van der Waals surface area contributed by atoms with Gasteiger partial charge >= 0.3 is 0 Å². The molecule has 100 valence electrons. The molecule has 19 heavy (non-hydrogen) atoms. The van der Waals surface area contributed by atoms with E-state index < -0.39 is 0 Å². The number of aromatic nitrogens is 3. The molecule has 2 N–H and O–H groups in total. The molecule has 1 aliphatic heterocycles. The van der Waals surface area contributed by atoms with Gasteiger partial charge in [0.25, 0.3) is 0 Å². The monoisotopic (exact) mass is 258 g/mol. The van der Waals surface area contributed by atoms with Gasteiger partial charge in [0.15, 0.2) is 5.82 Å². The Bertz CT molecular complexity index is 529. The first kappa shape index (κ1) is 12.2. The molecule has 5 heteroatoms. The zero-order valence-corrected chi connectivity index (χ0v) is 10.8. The van der Waals surface area contributed by atoms with E-state index in [0.29, 0.717) is 6.10 Å². The number of nitrogens with two attached hydrogens (primary N) is 1. The fourth-order valence-corrected chi connectivity index (χ4v) is 2.32. The Hall–Kier alpha value is -1.88. The second kappa shape index (κ2) is 5.40. The van der Waals surface area contributed by atoms with Gasteiger partial charge in [-0.3, -0.25) is 4.68 Å². The van der Waals surface area contributed by atoms with Crippen molar-refractivity contribution >= 4 is 5.69 Å². The van der Waals surface area contributed by atoms with Gasteiger partial charge in [0.1, 0.15) is 6.33 Å². The number of anilines is 1. The van der Waals surface area contributed by atoms with Gasteiger partial charge in [-0.15, -0.1) is 0 Å². The maximum Gasteiger partial charge on any atom is 0.181 e. The zero-order valence-electron chi connectivity index (χ0n) is 10.8. The molecule has 0 aliphatic carbocycles. The highest BCUT2D eigenvalue weighted by molar-refractivity contribution is 5.57. The van der Waals surface area contributed by atoms with Crippen LogP contribution in [0.15, 0.2) is 30.6 Å². The van der Waals surface area contributed by atoms with E-state index in [2.05, 4.69) is 10.1 Å². The molecule has 1 fully saturated rings. The second-order valence-electron chi connectivity index (χ2n) is 4.88. The topological polar surface area (TPSA) is 66.0 Å². The zero-order chi connectivity index (χ0) is 13.1. The first-order valence-electron chi connectivity index (χ1n) is 6.68. The van der Waals surface area contributed by atoms with Crippen LogP contribution in [-0.2, 0) is 11.3 Å². The summed E-state index contributed by atoms with van der Waals surface area (Å²) in [5.41, 5.74) is 7.41. The number of nitrogen functional groups attached to an aromatic ring is 1. The summed E-state index contributed by atoms with van der Waals surface area (Å²) in [6, 6.07) is 7.61. The molecule has 0 saturated carbocycles. The van der Waals surface area contributed by atoms with Crippen LogP contribution in [0.2, 0.25) is 0 Å². The Labute approximate surface area is 112 Å². The molecular formula is C14H18N4O. The van der Waals surface area contributed by atoms with Gasteiger partial charge < -0.3 is 10.5 Å². The van der Waals surface area contributed by atoms with Crippen LogP contribution in [0.5, 0.6) is 0 Å². The van der Waals surface area contributed by atoms with Crippen LogP contribution < -0.4 is 5.73 Å². The molecule has 3 rings (SSSR count). The molecule has 0 spiro atoms. The van der Waals surface area contributed by atoms with E-state index in [9.17, 15) is 0 Å². The van der Waals surface area contributed by atoms with Gasteiger partial charge in [0.2, 0.25) is 0 Å². The van der Waals surface area contributed by atoms with Crippen LogP contribution in [0.1, 0.15) is 19.3 Å². The lowest BCUT2D eigenvalue weighted by Crippen LogP contribution is -2.10. The Morgan fingerprint density at radius 2 is 2.16 bits per heavy atom. The third kappa shape index (κ3) is 2.93. The van der Waals surface area contributed by atoms with Crippen molar-refractivity contribution < 1.29 is 4.74 Å². The number of hydrogen-bond donors (Lipinski definition) is 1. The van der Waals surface area contributed by atoms with Gasteiger partial charge in [-0.1, -0.05) is 0 Å². The normalized spacial score (nSPS) is 18.8. The predicted octanol–water partition coefficient (Wildman–Crippen LogP) is 2.10. The van der Waals surface area contributed by atoms with Crippen molar-refractivity contribution in [3.8, 4) is 11.4 Å². The van der Waals surface area contributed by atoms with Crippen molar-refractivity contribution in [2.24, 2.45) is 0 Å². The van der Waals surface area contributed by atoms with E-state index in [1.54, 1.807) is 6.33 Å². The van der Waals surface area contributed by atoms with E-state index in [1.165, 1.54) is 12.8 Å². The molecule has 1 atom stereocenters. The molecule has 1 aliphatic rings. The van der Waals surface area contributed by atoms with Gasteiger partial charge in [0.05, 0.1) is 6.10 Å². The summed E-state index contributed by atoms with van der Waals surface area (Å²) in [6.07, 6.45) is 5.52. The number of benzene rings is 1. The van der Waals surface area contributed by atoms with Crippen molar-refractivity contribution in [2.75, 3.05) is 12.3 Å². The van der Waals surface area contributed by atoms with Gasteiger partial charge in [-0.2, -0.15) is 5.10 Å². The smallest absolute Gasteiger partial charge is 0.181 e. The van der Waals surface area contributed by atoms with Crippen molar-refractivity contribution in [1.29, 1.82) is 0 Å². The molecule has 0 bridgehead atoms. The number of ether oxygens (including phenoxy) is 1. The SMILES string of the molecule is Nc1ccc(-c2ncn(CCC3CCCO3)n2)cc1. The lowest BCUT2D eigenvalue weighted by molar-refractivity contribution is 0.0994. The van der Waals surface area contributed by atoms with E-state index >= 15 is 0 Å². The minimum Gasteiger partial charge on any atom is -0.399 e. The molecule has 1 aromatic carbocycles. The Morgan fingerprint density at radius 1 is 1.32 bits per heavy atom. The van der Waals surface area contributed by atoms with Crippen LogP contribution in [0.3, 0.4) is 0 Å². The van der Waals surface area contributed by atoms with E-state index in [0.717, 1.165) is 36.6 Å². The average molecular weight is 258 g/mol. The standard InChI is InChI=1S/C14H18N4O/c15-12-5-3-11(4-6-12)14-16-10-18(17-14)8-7-13-2-1-9-19-13/h3-6,10,13H,1-2,7-9,15H2. The van der Waals surface area contributed by atoms with Crippen molar-refractivity contribution in [3.05, 3.63) is 30.6 Å². The lowest BCUT2D eigenvalue weighted by atomic mass is 10.2. The highest BCUT2D eigenvalue weighted by Gasteiger charge is 2.15. The van der Waals surface area contributed by atoms with Crippen LogP contribution in [-0.4, -0.2) is 27.5 Å². The van der Waals surface area contributed by atoms with E-state index in [1.807, 2.05) is 28.9 Å². The lowest BCUT2D eigenvalue weighted by Gasteiger charge is -2.07. The predicted molar refractivity (Wildman–Crippen MR) is 73.5 cm³/mol. The quantitative estimate of drug-likeness (QED) is 0.853. The van der Waals surface area contributed by atoms with Gasteiger partial charge in [0, 0.05) is 24.4 Å². The maximum atomic E-state index is 5.67. The number of aryl methyl sites for hydroxylation is 1. The molecular weight excluding hydrogens is 240 g/mol. The molecule has 0 amide bonds. The van der Waals surface area contributed by atoms with Crippen LogP contribution in [0.25, 0.3) is 11.4 Å². The van der Waals surface area contributed by atoms with Crippen LogP contribution >= 0.6 is 0 Å². The second-order valence-corrected chi connectivity index (χ2v) is 4.88. The molecule has 0 radical (unpaired) electrons. The largest absolute Gasteiger partial charge is 0.399 e. The summed E-state index contributed by atoms with van der Waals surface area (Å²) in [5.74, 6) is 0.743. The van der Waals surface area contributed by atoms with Crippen molar-refractivity contribution in [1.82, 2.24) is 14.8 Å². The third-order valence-corrected chi connectivity index (χ3v) is 3.41. The van der Waals surface area contributed by atoms with Crippen molar-refractivity contribution in [3.63, 3.8) is 0 Å². The first-order chi connectivity index (χ1) is 9.31. The Morgan fingerprint density at radius 3 is 2.89 bits per heavy atom. The summed E-state index contributed by atoms with van der Waals surface area (Å²) < 4.78 is 7.49. The Kier molecular flexibility index (Phi) is 3.46. The molecule has 2 aromatic rings. The summed E-state index contributed by atoms with van der Waals surface area (Å²) in [5, 5.41) is 4.48. The van der Waals surface area contributed by atoms with E-state index in [4.69, 9.17) is 10.5 Å². The Balaban J connectivity index is 1.63. The molecule has 1 saturated heterocycles. The minimum atomic E-state index is 0.393. The number of nitrogens with zero attached hydrogens (tertiary/aromatic N) is 3. The number of rotatable bonds is 4. The summed E-state index contributed by atoms with van der Waals surface area (Å²) in [4.78, 5) is 4.33. The maximum absolute atomic E-state index is 5.67. The van der Waals surface area contributed by atoms with Crippen molar-refractivity contribution in [2.45, 2.75) is 31.9 Å². The summed E-state index contributed by atoms with van der Waals surface area (Å²) in [7, 11) is 0. The highest BCUT2D eigenvalue weighted by Crippen LogP contribution is 2.18. The third-order valence-electron chi connectivity index (χ3n) is 3.41. The number of hydrogen-bond acceptors (Lipinski definition) is 4. The fraction of sp³-hybridized carbons (Fsp3) is 0.429. The average Bonchev–Trinajstić information content (AvgIpc) is 3.09. The molecule has 1 unspecified atom stereocenters.